The van der Waals surface area contributed by atoms with Crippen molar-refractivity contribution in [2.75, 3.05) is 0 Å². The Bertz CT molecular complexity index is 203. The van der Waals surface area contributed by atoms with E-state index >= 15 is 0 Å². The molecular weight excluding hydrogens is 255 g/mol. The lowest BCUT2D eigenvalue weighted by Crippen LogP contribution is -2.34. The van der Waals surface area contributed by atoms with Gasteiger partial charge in [-0.3, -0.25) is 4.90 Å². The van der Waals surface area contributed by atoms with Crippen LogP contribution >= 0.6 is 27.7 Å². The fourth-order valence-electron chi connectivity index (χ4n) is 0.738. The standard InChI is InChI=1S/C6H6BrF3NS/c1-2-4-3-11(5(7)12-4)6(8,9)10/h3,5H,1-2H2. The maximum absolute atomic E-state index is 12.1. The first-order valence-electron chi connectivity index (χ1n) is 3.11. The van der Waals surface area contributed by atoms with Gasteiger partial charge in [0, 0.05) is 11.1 Å². The highest BCUT2D eigenvalue weighted by Crippen LogP contribution is 2.43. The van der Waals surface area contributed by atoms with E-state index < -0.39 is 10.6 Å². The molecule has 0 fully saturated rings. The summed E-state index contributed by atoms with van der Waals surface area (Å²) in [5.74, 6) is 0. The van der Waals surface area contributed by atoms with Crippen LogP contribution in [-0.2, 0) is 0 Å². The number of halogens is 4. The van der Waals surface area contributed by atoms with E-state index in [1.807, 2.05) is 0 Å². The molecule has 0 bridgehead atoms. The second-order valence-electron chi connectivity index (χ2n) is 2.13. The molecule has 0 aromatic rings. The molecule has 1 radical (unpaired) electrons. The highest BCUT2D eigenvalue weighted by atomic mass is 79.9. The molecule has 0 N–H and O–H groups in total. The highest BCUT2D eigenvalue weighted by molar-refractivity contribution is 9.11. The van der Waals surface area contributed by atoms with E-state index in [0.29, 0.717) is 16.2 Å². The minimum absolute atomic E-state index is 0.318. The van der Waals surface area contributed by atoms with E-state index in [-0.39, 0.29) is 0 Å². The van der Waals surface area contributed by atoms with E-state index in [1.54, 1.807) is 0 Å². The zero-order valence-electron chi connectivity index (χ0n) is 5.94. The lowest BCUT2D eigenvalue weighted by Gasteiger charge is -2.21. The summed E-state index contributed by atoms with van der Waals surface area (Å²) in [4.78, 5) is 0.951. The molecule has 0 spiro atoms. The second kappa shape index (κ2) is 3.49. The van der Waals surface area contributed by atoms with Gasteiger partial charge in [0.05, 0.1) is 0 Å². The molecule has 1 aliphatic rings. The summed E-state index contributed by atoms with van der Waals surface area (Å²) in [6, 6.07) is 0. The number of hydrogen-bond acceptors (Lipinski definition) is 2. The number of nitrogens with zero attached hydrogens (tertiary/aromatic N) is 1. The SMILES string of the molecule is [CH2]CC1=CN(C(F)(F)F)C(Br)S1. The fourth-order valence-corrected chi connectivity index (χ4v) is 2.64. The zero-order chi connectivity index (χ0) is 9.35. The molecular formula is C6H6BrF3NS. The van der Waals surface area contributed by atoms with Crippen molar-refractivity contribution in [2.24, 2.45) is 0 Å². The number of alkyl halides is 4. The third-order valence-corrected chi connectivity index (χ3v) is 3.33. The minimum atomic E-state index is -4.31. The maximum Gasteiger partial charge on any atom is 0.486 e. The molecule has 1 heterocycles. The van der Waals surface area contributed by atoms with Gasteiger partial charge in [0.1, 0.15) is 4.28 Å². The first-order chi connectivity index (χ1) is 5.45. The van der Waals surface area contributed by atoms with Crippen LogP contribution in [0.2, 0.25) is 0 Å². The summed E-state index contributed by atoms with van der Waals surface area (Å²) >= 11 is 4.03. The second-order valence-corrected chi connectivity index (χ2v) is 4.81. The smallest absolute Gasteiger partial charge is 0.268 e. The Hall–Kier alpha value is 0.160. The predicted molar refractivity (Wildman–Crippen MR) is 46.3 cm³/mol. The summed E-state index contributed by atoms with van der Waals surface area (Å²) in [6.07, 6.45) is -2.84. The topological polar surface area (TPSA) is 3.24 Å². The van der Waals surface area contributed by atoms with Gasteiger partial charge in [-0.1, -0.05) is 27.7 Å². The Morgan fingerprint density at radius 2 is 2.25 bits per heavy atom. The molecule has 12 heavy (non-hydrogen) atoms. The Morgan fingerprint density at radius 3 is 2.50 bits per heavy atom. The normalized spacial score (nSPS) is 24.6. The fraction of sp³-hybridized carbons (Fsp3) is 0.500. The third-order valence-electron chi connectivity index (χ3n) is 1.29. The molecule has 0 amide bonds. The quantitative estimate of drug-likeness (QED) is 0.526. The van der Waals surface area contributed by atoms with Crippen molar-refractivity contribution in [3.05, 3.63) is 18.0 Å². The van der Waals surface area contributed by atoms with Gasteiger partial charge in [-0.05, 0) is 13.3 Å². The first kappa shape index (κ1) is 10.2. The highest BCUT2D eigenvalue weighted by Gasteiger charge is 2.42. The van der Waals surface area contributed by atoms with Crippen LogP contribution in [0.25, 0.3) is 0 Å². The van der Waals surface area contributed by atoms with Crippen molar-refractivity contribution in [3.8, 4) is 0 Å². The molecule has 0 saturated carbocycles. The van der Waals surface area contributed by atoms with Gasteiger partial charge in [-0.25, -0.2) is 0 Å². The molecule has 1 aliphatic heterocycles. The van der Waals surface area contributed by atoms with Crippen molar-refractivity contribution in [1.29, 1.82) is 0 Å². The van der Waals surface area contributed by atoms with Gasteiger partial charge in [0.25, 0.3) is 0 Å². The van der Waals surface area contributed by atoms with E-state index in [4.69, 9.17) is 0 Å². The number of hydrogen-bond donors (Lipinski definition) is 0. The zero-order valence-corrected chi connectivity index (χ0v) is 8.34. The van der Waals surface area contributed by atoms with Gasteiger partial charge >= 0.3 is 6.30 Å². The molecule has 69 valence electrons. The Balaban J connectivity index is 2.73. The molecule has 0 saturated heterocycles. The molecule has 1 unspecified atom stereocenters. The third kappa shape index (κ3) is 2.10. The molecule has 6 heteroatoms. The van der Waals surface area contributed by atoms with Crippen LogP contribution in [0.3, 0.4) is 0 Å². The summed E-state index contributed by atoms with van der Waals surface area (Å²) in [6.45, 7) is 3.51. The minimum Gasteiger partial charge on any atom is -0.268 e. The van der Waals surface area contributed by atoms with E-state index in [2.05, 4.69) is 22.9 Å². The summed E-state index contributed by atoms with van der Waals surface area (Å²) in [5, 5.41) is 0. The molecule has 1 atom stereocenters. The van der Waals surface area contributed by atoms with E-state index in [9.17, 15) is 13.2 Å². The number of allylic oxidation sites excluding steroid dienone is 1. The number of thioether (sulfide) groups is 1. The predicted octanol–water partition coefficient (Wildman–Crippen LogP) is 3.30. The first-order valence-corrected chi connectivity index (χ1v) is 4.90. The van der Waals surface area contributed by atoms with Crippen molar-refractivity contribution in [1.82, 2.24) is 4.90 Å². The van der Waals surface area contributed by atoms with E-state index in [0.717, 1.165) is 18.0 Å². The monoisotopic (exact) mass is 260 g/mol. The van der Waals surface area contributed by atoms with Crippen LogP contribution in [0.5, 0.6) is 0 Å². The molecule has 1 rings (SSSR count). The molecule has 0 aromatic heterocycles. The van der Waals surface area contributed by atoms with Crippen molar-refractivity contribution < 1.29 is 13.2 Å². The Kier molecular flexibility index (Phi) is 2.98. The largest absolute Gasteiger partial charge is 0.486 e. The number of rotatable bonds is 1. The van der Waals surface area contributed by atoms with Crippen molar-refractivity contribution >= 4 is 27.7 Å². The van der Waals surface area contributed by atoms with Gasteiger partial charge in [0.2, 0.25) is 0 Å². The van der Waals surface area contributed by atoms with Crippen LogP contribution in [0.1, 0.15) is 6.42 Å². The van der Waals surface area contributed by atoms with E-state index in [1.165, 1.54) is 0 Å². The summed E-state index contributed by atoms with van der Waals surface area (Å²) < 4.78 is 35.7. The Morgan fingerprint density at radius 1 is 1.67 bits per heavy atom. The van der Waals surface area contributed by atoms with Crippen LogP contribution in [-0.4, -0.2) is 15.5 Å². The van der Waals surface area contributed by atoms with Crippen molar-refractivity contribution in [3.63, 3.8) is 0 Å². The molecule has 0 aromatic carbocycles. The molecule has 1 nitrogen and oxygen atoms in total. The van der Waals surface area contributed by atoms with Gasteiger partial charge in [-0.15, -0.1) is 0 Å². The van der Waals surface area contributed by atoms with Crippen LogP contribution < -0.4 is 0 Å². The molecule has 0 aliphatic carbocycles. The summed E-state index contributed by atoms with van der Waals surface area (Å²) in [5.41, 5.74) is 0. The van der Waals surface area contributed by atoms with Crippen LogP contribution in [0, 0.1) is 6.92 Å². The lowest BCUT2D eigenvalue weighted by atomic mass is 10.4. The van der Waals surface area contributed by atoms with Crippen LogP contribution in [0.4, 0.5) is 13.2 Å². The maximum atomic E-state index is 12.1. The van der Waals surface area contributed by atoms with Gasteiger partial charge in [-0.2, -0.15) is 13.2 Å². The average molecular weight is 261 g/mol. The average Bonchev–Trinajstić information content (AvgIpc) is 2.29. The van der Waals surface area contributed by atoms with Gasteiger partial charge in [0.15, 0.2) is 0 Å². The van der Waals surface area contributed by atoms with Gasteiger partial charge < -0.3 is 0 Å². The lowest BCUT2D eigenvalue weighted by molar-refractivity contribution is -0.223. The Labute approximate surface area is 81.1 Å². The van der Waals surface area contributed by atoms with Crippen LogP contribution in [0.15, 0.2) is 11.1 Å². The summed E-state index contributed by atoms with van der Waals surface area (Å²) in [7, 11) is 0. The van der Waals surface area contributed by atoms with Crippen molar-refractivity contribution in [2.45, 2.75) is 17.0 Å².